The maximum absolute atomic E-state index is 12.0. The molecule has 1 fully saturated rings. The van der Waals surface area contributed by atoms with Crippen LogP contribution in [-0.4, -0.2) is 53.7 Å². The van der Waals surface area contributed by atoms with Gasteiger partial charge in [0.05, 0.1) is 23.9 Å². The number of hydrogen-bond acceptors (Lipinski definition) is 4. The molecule has 100 valence electrons. The van der Waals surface area contributed by atoms with Gasteiger partial charge >= 0.3 is 0 Å². The average Bonchev–Trinajstić information content (AvgIpc) is 2.89. The number of para-hydroxylation sites is 1. The number of nitrogens with zero attached hydrogens (tertiary/aromatic N) is 2. The number of anilines is 1. The Balaban J connectivity index is 1.67. The summed E-state index contributed by atoms with van der Waals surface area (Å²) in [6.07, 6.45) is 1.75. The molecule has 2 aromatic rings. The Bertz CT molecular complexity index is 573. The van der Waals surface area contributed by atoms with E-state index in [-0.39, 0.29) is 5.91 Å². The first kappa shape index (κ1) is 12.1. The number of piperazine rings is 1. The second-order valence-corrected chi connectivity index (χ2v) is 4.71. The predicted molar refractivity (Wildman–Crippen MR) is 74.0 cm³/mol. The van der Waals surface area contributed by atoms with Crippen molar-refractivity contribution < 1.29 is 4.79 Å². The highest BCUT2D eigenvalue weighted by Crippen LogP contribution is 2.20. The fraction of sp³-hybridized carbons (Fsp3) is 0.385. The summed E-state index contributed by atoms with van der Waals surface area (Å²) in [4.78, 5) is 14.2. The molecule has 1 aliphatic rings. The van der Waals surface area contributed by atoms with Crippen LogP contribution in [0.15, 0.2) is 24.4 Å². The molecule has 0 radical (unpaired) electrons. The molecular formula is C13H17N5O. The van der Waals surface area contributed by atoms with E-state index in [2.05, 4.69) is 25.7 Å². The molecule has 2 heterocycles. The Labute approximate surface area is 111 Å². The van der Waals surface area contributed by atoms with Crippen LogP contribution in [0.25, 0.3) is 10.9 Å². The number of carbonyl (C=O) groups is 1. The molecule has 0 bridgehead atoms. The van der Waals surface area contributed by atoms with Gasteiger partial charge in [0.1, 0.15) is 0 Å². The summed E-state index contributed by atoms with van der Waals surface area (Å²) in [7, 11) is 0. The summed E-state index contributed by atoms with van der Waals surface area (Å²) >= 11 is 0. The van der Waals surface area contributed by atoms with Gasteiger partial charge in [-0.05, 0) is 6.07 Å². The van der Waals surface area contributed by atoms with Gasteiger partial charge in [-0.15, -0.1) is 0 Å². The van der Waals surface area contributed by atoms with Gasteiger partial charge in [-0.25, -0.2) is 0 Å². The van der Waals surface area contributed by atoms with E-state index in [0.717, 1.165) is 42.8 Å². The molecule has 6 heteroatoms. The lowest BCUT2D eigenvalue weighted by atomic mass is 10.2. The van der Waals surface area contributed by atoms with Crippen molar-refractivity contribution in [1.29, 1.82) is 0 Å². The second kappa shape index (κ2) is 5.38. The lowest BCUT2D eigenvalue weighted by molar-refractivity contribution is -0.117. The summed E-state index contributed by atoms with van der Waals surface area (Å²) in [6.45, 7) is 4.17. The number of fused-ring (bicyclic) bond motifs is 1. The first-order valence-electron chi connectivity index (χ1n) is 6.48. The van der Waals surface area contributed by atoms with Crippen LogP contribution in [0.3, 0.4) is 0 Å². The number of carbonyl (C=O) groups excluding carboxylic acids is 1. The van der Waals surface area contributed by atoms with Crippen molar-refractivity contribution in [3.05, 3.63) is 24.4 Å². The van der Waals surface area contributed by atoms with Gasteiger partial charge < -0.3 is 10.6 Å². The number of aromatic amines is 1. The van der Waals surface area contributed by atoms with Gasteiger partial charge in [0.25, 0.3) is 0 Å². The van der Waals surface area contributed by atoms with Gasteiger partial charge in [0.2, 0.25) is 5.91 Å². The molecular weight excluding hydrogens is 242 g/mol. The summed E-state index contributed by atoms with van der Waals surface area (Å²) in [5.74, 6) is 0.0176. The van der Waals surface area contributed by atoms with Crippen LogP contribution in [0, 0.1) is 0 Å². The summed E-state index contributed by atoms with van der Waals surface area (Å²) in [5, 5.41) is 14.1. The summed E-state index contributed by atoms with van der Waals surface area (Å²) in [5.41, 5.74) is 1.66. The Morgan fingerprint density at radius 2 is 2.21 bits per heavy atom. The third-order valence-electron chi connectivity index (χ3n) is 3.33. The van der Waals surface area contributed by atoms with Crippen LogP contribution in [0.5, 0.6) is 0 Å². The number of benzene rings is 1. The topological polar surface area (TPSA) is 73.1 Å². The van der Waals surface area contributed by atoms with Crippen LogP contribution >= 0.6 is 0 Å². The van der Waals surface area contributed by atoms with Crippen molar-refractivity contribution in [2.75, 3.05) is 38.0 Å². The molecule has 1 aromatic carbocycles. The number of nitrogens with one attached hydrogen (secondary N) is 3. The van der Waals surface area contributed by atoms with Crippen LogP contribution in [-0.2, 0) is 4.79 Å². The van der Waals surface area contributed by atoms with E-state index in [9.17, 15) is 4.79 Å². The first-order valence-corrected chi connectivity index (χ1v) is 6.48. The maximum atomic E-state index is 12.0. The molecule has 1 amide bonds. The Hall–Kier alpha value is -1.92. The monoisotopic (exact) mass is 259 g/mol. The van der Waals surface area contributed by atoms with Gasteiger partial charge in [-0.1, -0.05) is 12.1 Å². The molecule has 0 spiro atoms. The fourth-order valence-corrected chi connectivity index (χ4v) is 2.34. The average molecular weight is 259 g/mol. The molecule has 1 saturated heterocycles. The molecule has 0 unspecified atom stereocenters. The number of aromatic nitrogens is 2. The van der Waals surface area contributed by atoms with Crippen molar-refractivity contribution >= 4 is 22.5 Å². The zero-order chi connectivity index (χ0) is 13.1. The molecule has 1 aromatic heterocycles. The number of H-pyrrole nitrogens is 1. The summed E-state index contributed by atoms with van der Waals surface area (Å²) < 4.78 is 0. The van der Waals surface area contributed by atoms with Gasteiger partial charge in [0, 0.05) is 31.6 Å². The van der Waals surface area contributed by atoms with E-state index >= 15 is 0 Å². The third kappa shape index (κ3) is 2.74. The highest BCUT2D eigenvalue weighted by molar-refractivity contribution is 6.00. The highest BCUT2D eigenvalue weighted by atomic mass is 16.2. The van der Waals surface area contributed by atoms with Crippen molar-refractivity contribution in [3.8, 4) is 0 Å². The number of rotatable bonds is 3. The van der Waals surface area contributed by atoms with E-state index in [4.69, 9.17) is 0 Å². The Morgan fingerprint density at radius 1 is 1.37 bits per heavy atom. The Kier molecular flexibility index (Phi) is 3.43. The fourth-order valence-electron chi connectivity index (χ4n) is 2.34. The molecule has 0 aliphatic carbocycles. The van der Waals surface area contributed by atoms with Crippen LogP contribution in [0.4, 0.5) is 5.69 Å². The van der Waals surface area contributed by atoms with Crippen LogP contribution < -0.4 is 10.6 Å². The maximum Gasteiger partial charge on any atom is 0.238 e. The smallest absolute Gasteiger partial charge is 0.238 e. The minimum absolute atomic E-state index is 0.0176. The van der Waals surface area contributed by atoms with Crippen molar-refractivity contribution in [3.63, 3.8) is 0 Å². The predicted octanol–water partition coefficient (Wildman–Crippen LogP) is 0.407. The normalized spacial score (nSPS) is 16.6. The van der Waals surface area contributed by atoms with Crippen LogP contribution in [0.2, 0.25) is 0 Å². The third-order valence-corrected chi connectivity index (χ3v) is 3.33. The van der Waals surface area contributed by atoms with Gasteiger partial charge in [-0.2, -0.15) is 5.10 Å². The zero-order valence-corrected chi connectivity index (χ0v) is 10.6. The standard InChI is InChI=1S/C13H17N5O/c19-12(9-18-6-4-14-5-7-18)16-11-3-1-2-10-8-15-17-13(10)11/h1-3,8,14H,4-7,9H2,(H,15,17)(H,16,19). The van der Waals surface area contributed by atoms with E-state index in [1.165, 1.54) is 0 Å². The molecule has 6 nitrogen and oxygen atoms in total. The molecule has 3 N–H and O–H groups in total. The number of amides is 1. The highest BCUT2D eigenvalue weighted by Gasteiger charge is 2.14. The SMILES string of the molecule is O=C(CN1CCNCC1)Nc1cccc2cn[nH]c12. The Morgan fingerprint density at radius 3 is 3.05 bits per heavy atom. The minimum Gasteiger partial charge on any atom is -0.323 e. The first-order chi connectivity index (χ1) is 9.33. The van der Waals surface area contributed by atoms with Crippen molar-refractivity contribution in [1.82, 2.24) is 20.4 Å². The molecule has 0 atom stereocenters. The molecule has 3 rings (SSSR count). The van der Waals surface area contributed by atoms with Gasteiger partial charge in [0.15, 0.2) is 0 Å². The second-order valence-electron chi connectivity index (χ2n) is 4.71. The lowest BCUT2D eigenvalue weighted by Crippen LogP contribution is -2.46. The zero-order valence-electron chi connectivity index (χ0n) is 10.6. The summed E-state index contributed by atoms with van der Waals surface area (Å²) in [6, 6.07) is 5.76. The quantitative estimate of drug-likeness (QED) is 0.746. The van der Waals surface area contributed by atoms with Crippen molar-refractivity contribution in [2.45, 2.75) is 0 Å². The van der Waals surface area contributed by atoms with E-state index in [1.807, 2.05) is 18.2 Å². The van der Waals surface area contributed by atoms with E-state index in [1.54, 1.807) is 6.20 Å². The van der Waals surface area contributed by atoms with Gasteiger partial charge in [-0.3, -0.25) is 14.8 Å². The van der Waals surface area contributed by atoms with E-state index < -0.39 is 0 Å². The minimum atomic E-state index is 0.0176. The molecule has 19 heavy (non-hydrogen) atoms. The van der Waals surface area contributed by atoms with Crippen LogP contribution in [0.1, 0.15) is 0 Å². The lowest BCUT2D eigenvalue weighted by Gasteiger charge is -2.26. The number of hydrogen-bond donors (Lipinski definition) is 3. The van der Waals surface area contributed by atoms with Crippen molar-refractivity contribution in [2.24, 2.45) is 0 Å². The molecule has 0 saturated carbocycles. The van der Waals surface area contributed by atoms with E-state index in [0.29, 0.717) is 6.54 Å². The largest absolute Gasteiger partial charge is 0.323 e. The molecule has 1 aliphatic heterocycles.